The summed E-state index contributed by atoms with van der Waals surface area (Å²) in [5.41, 5.74) is 0.750. The topological polar surface area (TPSA) is 90.3 Å². The maximum Gasteiger partial charge on any atom is 0.141 e. The molecule has 0 amide bonds. The molecule has 5 nitrogen and oxygen atoms in total. The normalized spacial score (nSPS) is 11.9. The number of hydrogen-bond acceptors (Lipinski definition) is 5. The first-order valence-corrected chi connectivity index (χ1v) is 5.85. The summed E-state index contributed by atoms with van der Waals surface area (Å²) in [6, 6.07) is 5.27. The van der Waals surface area contributed by atoms with Crippen LogP contribution in [0.15, 0.2) is 29.2 Å². The van der Waals surface area contributed by atoms with E-state index < -0.39 is 10.1 Å². The van der Waals surface area contributed by atoms with Gasteiger partial charge in [0.25, 0.3) is 0 Å². The van der Waals surface area contributed by atoms with E-state index in [9.17, 15) is 18.1 Å². The number of nitrogens with zero attached hydrogens (tertiary/aromatic N) is 1. The Morgan fingerprint density at radius 3 is 2.56 bits per heavy atom. The van der Waals surface area contributed by atoms with Crippen molar-refractivity contribution in [3.8, 4) is 5.75 Å². The molecule has 1 N–H and O–H groups in total. The van der Waals surface area contributed by atoms with Crippen LogP contribution in [0.5, 0.6) is 5.75 Å². The molecule has 0 aliphatic rings. The second kappa shape index (κ2) is 3.43. The summed E-state index contributed by atoms with van der Waals surface area (Å²) in [4.78, 5) is 3.63. The van der Waals surface area contributed by atoms with Crippen LogP contribution in [0.1, 0.15) is 5.69 Å². The molecule has 6 heteroatoms. The van der Waals surface area contributed by atoms with E-state index >= 15 is 0 Å². The van der Waals surface area contributed by atoms with E-state index in [4.69, 9.17) is 0 Å². The number of fused-ring (bicyclic) bond motifs is 1. The third-order valence-electron chi connectivity index (χ3n) is 2.20. The van der Waals surface area contributed by atoms with Crippen molar-refractivity contribution >= 4 is 21.0 Å². The molecule has 16 heavy (non-hydrogen) atoms. The van der Waals surface area contributed by atoms with Crippen molar-refractivity contribution in [1.82, 2.24) is 4.98 Å². The molecule has 1 aromatic heterocycles. The second-order valence-corrected chi connectivity index (χ2v) is 4.73. The standard InChI is InChI=1S/C10H9NO4S/c1-6-2-3-7-9(16(13,14)15)5-4-8(12)10(7)11-6/h2-5,12H,1H3,(H,13,14,15)/p-1. The number of aryl methyl sites for hydroxylation is 1. The van der Waals surface area contributed by atoms with Gasteiger partial charge in [-0.3, -0.25) is 0 Å². The van der Waals surface area contributed by atoms with Crippen molar-refractivity contribution in [3.05, 3.63) is 30.0 Å². The molecule has 0 aliphatic carbocycles. The number of aromatic nitrogens is 1. The molecular weight excluding hydrogens is 230 g/mol. The number of hydrogen-bond donors (Lipinski definition) is 1. The number of phenols is 1. The van der Waals surface area contributed by atoms with E-state index in [0.717, 1.165) is 12.1 Å². The van der Waals surface area contributed by atoms with Crippen LogP contribution in [0.3, 0.4) is 0 Å². The van der Waals surface area contributed by atoms with E-state index in [-0.39, 0.29) is 21.5 Å². The van der Waals surface area contributed by atoms with E-state index in [0.29, 0.717) is 5.69 Å². The minimum Gasteiger partial charge on any atom is -0.744 e. The molecule has 84 valence electrons. The van der Waals surface area contributed by atoms with Crippen LogP contribution in [-0.2, 0) is 10.1 Å². The fraction of sp³-hybridized carbons (Fsp3) is 0.100. The number of benzene rings is 1. The summed E-state index contributed by atoms with van der Waals surface area (Å²) in [6.07, 6.45) is 0. The highest BCUT2D eigenvalue weighted by Crippen LogP contribution is 2.28. The number of aromatic hydroxyl groups is 1. The molecule has 0 bridgehead atoms. The zero-order valence-electron chi connectivity index (χ0n) is 8.34. The molecule has 0 saturated heterocycles. The lowest BCUT2D eigenvalue weighted by Crippen LogP contribution is -2.00. The summed E-state index contributed by atoms with van der Waals surface area (Å²) in [7, 11) is -4.56. The van der Waals surface area contributed by atoms with Crippen LogP contribution in [0.4, 0.5) is 0 Å². The van der Waals surface area contributed by atoms with Gasteiger partial charge < -0.3 is 9.66 Å². The van der Waals surface area contributed by atoms with Crippen LogP contribution in [0, 0.1) is 6.92 Å². The smallest absolute Gasteiger partial charge is 0.141 e. The molecule has 0 spiro atoms. The van der Waals surface area contributed by atoms with Gasteiger partial charge in [-0.25, -0.2) is 13.4 Å². The van der Waals surface area contributed by atoms with Gasteiger partial charge in [-0.2, -0.15) is 0 Å². The summed E-state index contributed by atoms with van der Waals surface area (Å²) in [5.74, 6) is -0.147. The number of pyridine rings is 1. The van der Waals surface area contributed by atoms with Gasteiger partial charge in [0.05, 0.1) is 4.90 Å². The van der Waals surface area contributed by atoms with Gasteiger partial charge >= 0.3 is 0 Å². The first kappa shape index (κ1) is 10.8. The molecule has 1 aromatic carbocycles. The van der Waals surface area contributed by atoms with Crippen LogP contribution in [0.2, 0.25) is 0 Å². The first-order valence-electron chi connectivity index (χ1n) is 4.45. The Hall–Kier alpha value is -1.66. The fourth-order valence-electron chi connectivity index (χ4n) is 1.49. The lowest BCUT2D eigenvalue weighted by atomic mass is 10.2. The average Bonchev–Trinajstić information content (AvgIpc) is 2.17. The Kier molecular flexibility index (Phi) is 2.32. The van der Waals surface area contributed by atoms with Crippen molar-refractivity contribution in [2.24, 2.45) is 0 Å². The molecule has 1 heterocycles. The summed E-state index contributed by atoms with van der Waals surface area (Å²) < 4.78 is 32.9. The Bertz CT molecular complexity index is 664. The lowest BCUT2D eigenvalue weighted by molar-refractivity contribution is 0.463. The van der Waals surface area contributed by atoms with Crippen molar-refractivity contribution in [2.45, 2.75) is 11.8 Å². The first-order chi connectivity index (χ1) is 7.39. The van der Waals surface area contributed by atoms with Crippen LogP contribution in [0.25, 0.3) is 10.9 Å². The SMILES string of the molecule is Cc1ccc2c(S(=O)(=O)[O-])ccc(O)c2n1. The lowest BCUT2D eigenvalue weighted by Gasteiger charge is -2.11. The van der Waals surface area contributed by atoms with Crippen molar-refractivity contribution < 1.29 is 18.1 Å². The minimum atomic E-state index is -4.56. The molecule has 0 fully saturated rings. The van der Waals surface area contributed by atoms with Crippen molar-refractivity contribution in [1.29, 1.82) is 0 Å². The Morgan fingerprint density at radius 1 is 1.25 bits per heavy atom. The van der Waals surface area contributed by atoms with E-state index in [2.05, 4.69) is 4.98 Å². The monoisotopic (exact) mass is 238 g/mol. The Labute approximate surface area is 92.1 Å². The van der Waals surface area contributed by atoms with Gasteiger partial charge in [-0.1, -0.05) is 0 Å². The van der Waals surface area contributed by atoms with Gasteiger partial charge in [-0.05, 0) is 31.2 Å². The second-order valence-electron chi connectivity index (χ2n) is 3.39. The average molecular weight is 238 g/mol. The maximum atomic E-state index is 11.0. The molecular formula is C10H8NO4S-. The summed E-state index contributed by atoms with van der Waals surface area (Å²) in [6.45, 7) is 1.71. The van der Waals surface area contributed by atoms with Gasteiger partial charge in [0.2, 0.25) is 0 Å². The van der Waals surface area contributed by atoms with Gasteiger partial charge in [-0.15, -0.1) is 0 Å². The number of rotatable bonds is 1. The Morgan fingerprint density at radius 2 is 1.94 bits per heavy atom. The molecule has 0 atom stereocenters. The Balaban J connectivity index is 2.96. The third kappa shape index (κ3) is 1.72. The van der Waals surface area contributed by atoms with Gasteiger partial charge in [0, 0.05) is 11.1 Å². The largest absolute Gasteiger partial charge is 0.744 e. The molecule has 2 aromatic rings. The predicted octanol–water partition coefficient (Wildman–Crippen LogP) is 1.15. The van der Waals surface area contributed by atoms with Crippen LogP contribution >= 0.6 is 0 Å². The van der Waals surface area contributed by atoms with Gasteiger partial charge in [0.1, 0.15) is 21.4 Å². The zero-order chi connectivity index (χ0) is 11.9. The molecule has 0 radical (unpaired) electrons. The van der Waals surface area contributed by atoms with Gasteiger partial charge in [0.15, 0.2) is 0 Å². The van der Waals surface area contributed by atoms with E-state index in [1.807, 2.05) is 0 Å². The third-order valence-corrected chi connectivity index (χ3v) is 3.10. The van der Waals surface area contributed by atoms with Crippen molar-refractivity contribution in [2.75, 3.05) is 0 Å². The minimum absolute atomic E-state index is 0.122. The van der Waals surface area contributed by atoms with Crippen LogP contribution < -0.4 is 0 Å². The molecule has 2 rings (SSSR count). The predicted molar refractivity (Wildman–Crippen MR) is 56.1 cm³/mol. The zero-order valence-corrected chi connectivity index (χ0v) is 9.15. The van der Waals surface area contributed by atoms with Crippen LogP contribution in [-0.4, -0.2) is 23.1 Å². The quantitative estimate of drug-likeness (QED) is 0.752. The highest BCUT2D eigenvalue weighted by atomic mass is 32.2. The highest BCUT2D eigenvalue weighted by molar-refractivity contribution is 7.86. The summed E-state index contributed by atoms with van der Waals surface area (Å²) >= 11 is 0. The highest BCUT2D eigenvalue weighted by Gasteiger charge is 2.11. The molecule has 0 unspecified atom stereocenters. The molecule has 0 saturated carbocycles. The van der Waals surface area contributed by atoms with Crippen molar-refractivity contribution in [3.63, 3.8) is 0 Å². The van der Waals surface area contributed by atoms with E-state index in [1.54, 1.807) is 13.0 Å². The molecule has 0 aliphatic heterocycles. The van der Waals surface area contributed by atoms with E-state index in [1.165, 1.54) is 6.07 Å². The summed E-state index contributed by atoms with van der Waals surface area (Å²) in [5, 5.41) is 9.67. The fourth-order valence-corrected chi connectivity index (χ4v) is 2.16. The number of phenolic OH excluding ortho intramolecular Hbond substituents is 1. The maximum absolute atomic E-state index is 11.0.